The summed E-state index contributed by atoms with van der Waals surface area (Å²) in [7, 11) is 0. The van der Waals surface area contributed by atoms with E-state index in [-0.39, 0.29) is 0 Å². The molecule has 0 N–H and O–H groups in total. The third-order valence-corrected chi connectivity index (χ3v) is 6.47. The standard InChI is InChI=1S/C9H19N.C8H17NO.C8H17NS/c1-9(2)8-10-6-4-3-5-7-10;2*1-8(2)7-9-3-5-10-6-4-9/h9H,3-8H2,1-2H3;2*8H,3-7H2,1-2H3. The van der Waals surface area contributed by atoms with Crippen LogP contribution in [0, 0.1) is 17.8 Å². The summed E-state index contributed by atoms with van der Waals surface area (Å²) in [5, 5.41) is 0. The van der Waals surface area contributed by atoms with Crippen LogP contribution in [0.1, 0.15) is 60.8 Å². The SMILES string of the molecule is CC(C)CN1CCCCC1.CC(C)CN1CCOCC1.CC(C)CN1CCSCC1. The van der Waals surface area contributed by atoms with Crippen molar-refractivity contribution in [3.05, 3.63) is 0 Å². The quantitative estimate of drug-likeness (QED) is 0.586. The van der Waals surface area contributed by atoms with Gasteiger partial charge in [0.1, 0.15) is 0 Å². The highest BCUT2D eigenvalue weighted by molar-refractivity contribution is 7.99. The van der Waals surface area contributed by atoms with Crippen molar-refractivity contribution in [1.82, 2.24) is 14.7 Å². The van der Waals surface area contributed by atoms with Crippen molar-refractivity contribution < 1.29 is 4.74 Å². The monoisotopic (exact) mass is 443 g/mol. The molecule has 5 heteroatoms. The maximum Gasteiger partial charge on any atom is 0.0594 e. The Morgan fingerprint density at radius 1 is 0.567 bits per heavy atom. The molecular weight excluding hydrogens is 390 g/mol. The van der Waals surface area contributed by atoms with Gasteiger partial charge in [0.2, 0.25) is 0 Å². The van der Waals surface area contributed by atoms with Crippen LogP contribution in [0.25, 0.3) is 0 Å². The molecule has 180 valence electrons. The van der Waals surface area contributed by atoms with Gasteiger partial charge in [0.15, 0.2) is 0 Å². The summed E-state index contributed by atoms with van der Waals surface area (Å²) >= 11 is 2.08. The first-order chi connectivity index (χ1) is 14.4. The average molecular weight is 444 g/mol. The smallest absolute Gasteiger partial charge is 0.0594 e. The van der Waals surface area contributed by atoms with Gasteiger partial charge in [-0.25, -0.2) is 0 Å². The highest BCUT2D eigenvalue weighted by atomic mass is 32.2. The van der Waals surface area contributed by atoms with Crippen LogP contribution in [0.2, 0.25) is 0 Å². The lowest BCUT2D eigenvalue weighted by Gasteiger charge is -2.27. The topological polar surface area (TPSA) is 19.0 Å². The summed E-state index contributed by atoms with van der Waals surface area (Å²) in [6, 6.07) is 0. The van der Waals surface area contributed by atoms with E-state index in [4.69, 9.17) is 4.74 Å². The fourth-order valence-electron chi connectivity index (χ4n) is 4.26. The Morgan fingerprint density at radius 3 is 1.40 bits per heavy atom. The van der Waals surface area contributed by atoms with Gasteiger partial charge in [0.05, 0.1) is 13.2 Å². The lowest BCUT2D eigenvalue weighted by molar-refractivity contribution is 0.0329. The van der Waals surface area contributed by atoms with Crippen LogP contribution < -0.4 is 0 Å². The Bertz CT molecular complexity index is 318. The lowest BCUT2D eigenvalue weighted by Crippen LogP contribution is -2.38. The number of rotatable bonds is 6. The Hall–Kier alpha value is 0.190. The molecule has 3 aliphatic heterocycles. The number of nitrogens with zero attached hydrogens (tertiary/aromatic N) is 3. The molecule has 0 radical (unpaired) electrons. The van der Waals surface area contributed by atoms with Gasteiger partial charge in [0, 0.05) is 57.3 Å². The molecule has 0 bridgehead atoms. The molecule has 3 heterocycles. The van der Waals surface area contributed by atoms with Crippen molar-refractivity contribution in [2.45, 2.75) is 60.8 Å². The van der Waals surface area contributed by atoms with Gasteiger partial charge < -0.3 is 14.5 Å². The molecule has 0 aliphatic carbocycles. The van der Waals surface area contributed by atoms with E-state index in [0.717, 1.165) is 44.1 Å². The highest BCUT2D eigenvalue weighted by Crippen LogP contribution is 2.11. The first kappa shape index (κ1) is 28.2. The molecule has 0 amide bonds. The van der Waals surface area contributed by atoms with Crippen molar-refractivity contribution in [3.8, 4) is 0 Å². The molecule has 3 saturated heterocycles. The molecule has 0 aromatic heterocycles. The van der Waals surface area contributed by atoms with Crippen LogP contribution in [-0.2, 0) is 4.74 Å². The van der Waals surface area contributed by atoms with Crippen molar-refractivity contribution >= 4 is 11.8 Å². The first-order valence-electron chi connectivity index (χ1n) is 12.7. The summed E-state index contributed by atoms with van der Waals surface area (Å²) < 4.78 is 5.24. The minimum Gasteiger partial charge on any atom is -0.379 e. The second-order valence-corrected chi connectivity index (χ2v) is 11.6. The van der Waals surface area contributed by atoms with E-state index in [1.165, 1.54) is 76.6 Å². The largest absolute Gasteiger partial charge is 0.379 e. The number of hydrogen-bond donors (Lipinski definition) is 0. The van der Waals surface area contributed by atoms with E-state index in [1.54, 1.807) is 0 Å². The zero-order valence-electron chi connectivity index (χ0n) is 21.2. The number of morpholine rings is 1. The maximum atomic E-state index is 5.24. The van der Waals surface area contributed by atoms with Crippen LogP contribution in [0.3, 0.4) is 0 Å². The van der Waals surface area contributed by atoms with Crippen molar-refractivity contribution in [2.75, 3.05) is 83.6 Å². The van der Waals surface area contributed by atoms with Crippen molar-refractivity contribution in [3.63, 3.8) is 0 Å². The molecule has 0 unspecified atom stereocenters. The molecule has 3 aliphatic rings. The normalized spacial score (nSPS) is 21.9. The van der Waals surface area contributed by atoms with E-state index in [0.29, 0.717) is 0 Å². The number of piperidine rings is 1. The maximum absolute atomic E-state index is 5.24. The predicted molar refractivity (Wildman–Crippen MR) is 136 cm³/mol. The molecular formula is C25H53N3OS. The minimum absolute atomic E-state index is 0.790. The minimum atomic E-state index is 0.790. The fraction of sp³-hybridized carbons (Fsp3) is 1.00. The van der Waals surface area contributed by atoms with Gasteiger partial charge in [-0.15, -0.1) is 0 Å². The van der Waals surface area contributed by atoms with Gasteiger partial charge in [-0.2, -0.15) is 11.8 Å². The third-order valence-electron chi connectivity index (χ3n) is 5.53. The van der Waals surface area contributed by atoms with Crippen LogP contribution in [0.5, 0.6) is 0 Å². The molecule has 0 aromatic rings. The van der Waals surface area contributed by atoms with E-state index in [1.807, 2.05) is 0 Å². The van der Waals surface area contributed by atoms with Gasteiger partial charge in [-0.05, 0) is 43.7 Å². The lowest BCUT2D eigenvalue weighted by atomic mass is 10.1. The van der Waals surface area contributed by atoms with Gasteiger partial charge in [-0.1, -0.05) is 48.0 Å². The van der Waals surface area contributed by atoms with E-state index in [2.05, 4.69) is 68.0 Å². The van der Waals surface area contributed by atoms with Crippen LogP contribution in [0.4, 0.5) is 0 Å². The van der Waals surface area contributed by atoms with Gasteiger partial charge in [-0.3, -0.25) is 4.90 Å². The van der Waals surface area contributed by atoms with E-state index in [9.17, 15) is 0 Å². The second-order valence-electron chi connectivity index (χ2n) is 10.4. The Morgan fingerprint density at radius 2 is 0.967 bits per heavy atom. The molecule has 3 rings (SSSR count). The zero-order chi connectivity index (χ0) is 22.2. The van der Waals surface area contributed by atoms with E-state index >= 15 is 0 Å². The van der Waals surface area contributed by atoms with Crippen molar-refractivity contribution in [2.24, 2.45) is 17.8 Å². The predicted octanol–water partition coefficient (Wildman–Crippen LogP) is 4.79. The van der Waals surface area contributed by atoms with E-state index < -0.39 is 0 Å². The number of hydrogen-bond acceptors (Lipinski definition) is 5. The summed E-state index contributed by atoms with van der Waals surface area (Å²) in [6.07, 6.45) is 4.30. The van der Waals surface area contributed by atoms with Crippen LogP contribution in [0.15, 0.2) is 0 Å². The number of thioether (sulfide) groups is 1. The molecule has 4 nitrogen and oxygen atoms in total. The number of likely N-dealkylation sites (tertiary alicyclic amines) is 1. The molecule has 30 heavy (non-hydrogen) atoms. The van der Waals surface area contributed by atoms with Gasteiger partial charge in [0.25, 0.3) is 0 Å². The van der Waals surface area contributed by atoms with Gasteiger partial charge >= 0.3 is 0 Å². The Kier molecular flexibility index (Phi) is 16.7. The first-order valence-corrected chi connectivity index (χ1v) is 13.8. The average Bonchev–Trinajstić information content (AvgIpc) is 2.70. The fourth-order valence-corrected chi connectivity index (χ4v) is 5.24. The highest BCUT2D eigenvalue weighted by Gasteiger charge is 2.12. The Labute approximate surface area is 193 Å². The second kappa shape index (κ2) is 17.7. The molecule has 0 saturated carbocycles. The van der Waals surface area contributed by atoms with Crippen molar-refractivity contribution in [1.29, 1.82) is 0 Å². The summed E-state index contributed by atoms with van der Waals surface area (Å²) in [6.45, 7) is 26.9. The Balaban J connectivity index is 0.000000225. The molecule has 0 aromatic carbocycles. The summed E-state index contributed by atoms with van der Waals surface area (Å²) in [5.41, 5.74) is 0. The number of ether oxygens (including phenoxy) is 1. The molecule has 0 atom stereocenters. The van der Waals surface area contributed by atoms with Crippen LogP contribution >= 0.6 is 11.8 Å². The zero-order valence-corrected chi connectivity index (χ0v) is 22.0. The third kappa shape index (κ3) is 15.9. The summed E-state index contributed by atoms with van der Waals surface area (Å²) in [4.78, 5) is 7.63. The molecule has 3 fully saturated rings. The molecule has 0 spiro atoms. The summed E-state index contributed by atoms with van der Waals surface area (Å²) in [5.74, 6) is 5.15. The van der Waals surface area contributed by atoms with Crippen LogP contribution in [-0.4, -0.2) is 98.3 Å².